The SMILES string of the molecule is C.CC(C)(C)OC(=O)N1CC2OC2C1.CC(C)(C)OC(=O)N1CC=CC1.CC(C)(C)OC(=O)N1C[C@H](N)[C@@H](O)C1.CO.C[C@H]1CN(C(=O)OC(C)(C)C)C[C@@H]1O.ClCCl. The molecule has 5 aliphatic rings. The highest BCUT2D eigenvalue weighted by atomic mass is 35.5. The van der Waals surface area contributed by atoms with E-state index in [0.29, 0.717) is 45.8 Å². The molecule has 5 rings (SSSR count). The Morgan fingerprint density at radius 2 is 0.881 bits per heavy atom. The number of carbonyl (C=O) groups excluding carboxylic acids is 4. The van der Waals surface area contributed by atoms with Crippen LogP contribution < -0.4 is 5.73 Å². The van der Waals surface area contributed by atoms with Crippen LogP contribution in [0, 0.1) is 5.92 Å². The number of alkyl halides is 2. The lowest BCUT2D eigenvalue weighted by Gasteiger charge is -2.24. The molecule has 2 unspecified atom stereocenters. The molecule has 4 fully saturated rings. The first-order valence-corrected chi connectivity index (χ1v) is 20.4. The lowest BCUT2D eigenvalue weighted by Crippen LogP contribution is -2.37. The van der Waals surface area contributed by atoms with Crippen molar-refractivity contribution in [1.29, 1.82) is 0 Å². The molecule has 0 aromatic heterocycles. The van der Waals surface area contributed by atoms with Gasteiger partial charge >= 0.3 is 24.4 Å². The fourth-order valence-electron chi connectivity index (χ4n) is 5.15. The van der Waals surface area contributed by atoms with Gasteiger partial charge in [-0.3, -0.25) is 0 Å². The standard InChI is InChI=1S/C10H19NO3.C9H18N2O3.C9H15NO3.C9H15NO2.CH2Cl2.CH4O.CH4/c1-7-5-11(6-8(7)12)9(13)14-10(2,3)4;1-9(2,3)14-8(13)11-4-6(10)7(12)5-11;1-9(2,3)13-8(11)10-4-6-7(5-10)12-6;1-9(2,3)12-8(11)10-6-4-5-7-10;2-1-3;1-2;/h7-8,12H,5-6H2,1-4H3;6-7,12H,4-5,10H2,1-3H3;6-7H,4-5H2,1-3H3;4-5H,6-7H2,1-3H3;1H2;2H,1H3;1H4/t7-,8-;6-,7-;;;;;/m00...../s1. The number of aliphatic hydroxyl groups excluding tert-OH is 3. The van der Waals surface area contributed by atoms with Crippen molar-refractivity contribution >= 4 is 47.6 Å². The molecule has 59 heavy (non-hydrogen) atoms. The number of rotatable bonds is 0. The van der Waals surface area contributed by atoms with Crippen LogP contribution in [-0.2, 0) is 23.7 Å². The molecule has 0 aliphatic carbocycles. The summed E-state index contributed by atoms with van der Waals surface area (Å²) in [5.41, 5.74) is 3.81. The number of likely N-dealkylation sites (tertiary alicyclic amines) is 3. The summed E-state index contributed by atoms with van der Waals surface area (Å²) >= 11 is 9.53. The molecule has 0 radical (unpaired) electrons. The van der Waals surface area contributed by atoms with E-state index in [0.717, 1.165) is 7.11 Å². The number of hydrogen-bond acceptors (Lipinski definition) is 13. The number of nitrogens with zero attached hydrogens (tertiary/aromatic N) is 4. The molecule has 348 valence electrons. The minimum Gasteiger partial charge on any atom is -0.444 e. The van der Waals surface area contributed by atoms with E-state index in [9.17, 15) is 29.4 Å². The molecule has 0 bridgehead atoms. The molecule has 5 N–H and O–H groups in total. The Labute approximate surface area is 363 Å². The van der Waals surface area contributed by atoms with Gasteiger partial charge in [0.1, 0.15) is 34.6 Å². The van der Waals surface area contributed by atoms with Gasteiger partial charge in [-0.15, -0.1) is 23.2 Å². The molecule has 5 aliphatic heterocycles. The van der Waals surface area contributed by atoms with Gasteiger partial charge in [0.2, 0.25) is 0 Å². The number of morpholine rings is 1. The van der Waals surface area contributed by atoms with Crippen molar-refractivity contribution in [3.8, 4) is 0 Å². The lowest BCUT2D eigenvalue weighted by molar-refractivity contribution is 0.0226. The van der Waals surface area contributed by atoms with Crippen molar-refractivity contribution in [1.82, 2.24) is 19.6 Å². The van der Waals surface area contributed by atoms with Crippen LogP contribution in [0.15, 0.2) is 12.2 Å². The highest BCUT2D eigenvalue weighted by Gasteiger charge is 2.49. The first-order chi connectivity index (χ1) is 26.4. The van der Waals surface area contributed by atoms with E-state index in [1.165, 1.54) is 4.90 Å². The first kappa shape index (κ1) is 58.3. The molecule has 0 saturated carbocycles. The van der Waals surface area contributed by atoms with Gasteiger partial charge in [0, 0.05) is 39.2 Å². The number of amides is 4. The third kappa shape index (κ3) is 25.5. The number of ether oxygens (including phenoxy) is 5. The Hall–Kier alpha value is -2.80. The van der Waals surface area contributed by atoms with Crippen molar-refractivity contribution in [2.24, 2.45) is 11.7 Å². The van der Waals surface area contributed by atoms with Crippen molar-refractivity contribution in [3.63, 3.8) is 0 Å². The van der Waals surface area contributed by atoms with E-state index >= 15 is 0 Å². The van der Waals surface area contributed by atoms with Gasteiger partial charge in [-0.05, 0) is 83.1 Å². The smallest absolute Gasteiger partial charge is 0.410 e. The number of epoxide rings is 1. The molecular weight excluding hydrogens is 813 g/mol. The highest BCUT2D eigenvalue weighted by molar-refractivity contribution is 6.40. The van der Waals surface area contributed by atoms with E-state index < -0.39 is 35.1 Å². The van der Waals surface area contributed by atoms with E-state index in [-0.39, 0.29) is 67.4 Å². The summed E-state index contributed by atoms with van der Waals surface area (Å²) in [6.45, 7) is 28.4. The number of hydrogen-bond donors (Lipinski definition) is 4. The van der Waals surface area contributed by atoms with Gasteiger partial charge in [0.05, 0.1) is 49.8 Å². The van der Waals surface area contributed by atoms with E-state index in [2.05, 4.69) is 0 Å². The summed E-state index contributed by atoms with van der Waals surface area (Å²) in [7, 11) is 1.00. The Morgan fingerprint density at radius 1 is 0.593 bits per heavy atom. The number of fused-ring (bicyclic) bond motifs is 1. The fourth-order valence-corrected chi connectivity index (χ4v) is 5.15. The maximum atomic E-state index is 11.5. The van der Waals surface area contributed by atoms with Gasteiger partial charge in [0.15, 0.2) is 0 Å². The Morgan fingerprint density at radius 3 is 1.15 bits per heavy atom. The van der Waals surface area contributed by atoms with Gasteiger partial charge in [0.25, 0.3) is 0 Å². The Bertz CT molecular complexity index is 1210. The normalized spacial score (nSPS) is 24.0. The van der Waals surface area contributed by atoms with Gasteiger partial charge in [-0.2, -0.15) is 0 Å². The topological polar surface area (TPSA) is 217 Å². The Kier molecular flexibility index (Phi) is 25.5. The third-order valence-electron chi connectivity index (χ3n) is 7.82. The summed E-state index contributed by atoms with van der Waals surface area (Å²) in [4.78, 5) is 52.2. The van der Waals surface area contributed by atoms with Crippen LogP contribution in [0.4, 0.5) is 19.2 Å². The maximum Gasteiger partial charge on any atom is 0.410 e. The van der Waals surface area contributed by atoms with Crippen LogP contribution in [0.1, 0.15) is 97.4 Å². The zero-order valence-corrected chi connectivity index (χ0v) is 38.6. The first-order valence-electron chi connectivity index (χ1n) is 19.4. The molecule has 0 aromatic carbocycles. The molecule has 17 nitrogen and oxygen atoms in total. The van der Waals surface area contributed by atoms with Gasteiger partial charge in [-0.25, -0.2) is 19.2 Å². The number of β-amino-alcohol motifs (C(OH)–C–C–N with tert-alkyl or cyclic N) is 2. The molecule has 4 saturated heterocycles. The molecule has 0 spiro atoms. The summed E-state index contributed by atoms with van der Waals surface area (Å²) in [6.07, 6.45) is 2.25. The van der Waals surface area contributed by atoms with E-state index in [1.54, 1.807) is 35.5 Å². The lowest BCUT2D eigenvalue weighted by atomic mass is 10.1. The Balaban J connectivity index is 0. The van der Waals surface area contributed by atoms with Gasteiger partial charge in [-0.1, -0.05) is 26.5 Å². The van der Waals surface area contributed by atoms with Crippen LogP contribution >= 0.6 is 23.2 Å². The quantitative estimate of drug-likeness (QED) is 0.101. The second-order valence-corrected chi connectivity index (χ2v) is 18.9. The summed E-state index contributed by atoms with van der Waals surface area (Å²) in [5.74, 6) is 0.141. The predicted molar refractivity (Wildman–Crippen MR) is 230 cm³/mol. The number of aliphatic hydroxyl groups is 3. The summed E-state index contributed by atoms with van der Waals surface area (Å²) < 4.78 is 25.9. The van der Waals surface area contributed by atoms with E-state index in [4.69, 9.17) is 57.7 Å². The molecular formula is C40H77Cl2N5O12. The van der Waals surface area contributed by atoms with E-state index in [1.807, 2.05) is 81.4 Å². The monoisotopic (exact) mass is 889 g/mol. The second-order valence-electron chi connectivity index (χ2n) is 18.1. The summed E-state index contributed by atoms with van der Waals surface area (Å²) in [5, 5.41) is 26.0. The number of carbonyl (C=O) groups is 4. The molecule has 5 heterocycles. The zero-order valence-electron chi connectivity index (χ0n) is 37.1. The van der Waals surface area contributed by atoms with Crippen molar-refractivity contribution in [2.45, 2.75) is 150 Å². The van der Waals surface area contributed by atoms with Gasteiger partial charge < -0.3 is 64.3 Å². The predicted octanol–water partition coefficient (Wildman–Crippen LogP) is 5.62. The summed E-state index contributed by atoms with van der Waals surface area (Å²) in [6, 6.07) is -0.359. The average molecular weight is 891 g/mol. The van der Waals surface area contributed by atoms with Crippen molar-refractivity contribution in [3.05, 3.63) is 12.2 Å². The highest BCUT2D eigenvalue weighted by Crippen LogP contribution is 2.31. The molecule has 0 aromatic rings. The molecule has 19 heteroatoms. The largest absolute Gasteiger partial charge is 0.444 e. The minimum absolute atomic E-state index is 0. The van der Waals surface area contributed by atoms with Crippen molar-refractivity contribution in [2.75, 3.05) is 64.8 Å². The number of halogens is 2. The maximum absolute atomic E-state index is 11.5. The van der Waals surface area contributed by atoms with Crippen LogP contribution in [-0.4, -0.2) is 177 Å². The fraction of sp³-hybridized carbons (Fsp3) is 0.850. The van der Waals surface area contributed by atoms with Crippen LogP contribution in [0.25, 0.3) is 0 Å². The average Bonchev–Trinajstić information content (AvgIpc) is 3.53. The van der Waals surface area contributed by atoms with Crippen LogP contribution in [0.5, 0.6) is 0 Å². The zero-order chi connectivity index (χ0) is 45.4. The van der Waals surface area contributed by atoms with Crippen molar-refractivity contribution < 1.29 is 58.2 Å². The minimum atomic E-state index is -0.637. The number of nitrogens with two attached hydrogens (primary N) is 1. The molecule has 6 atom stereocenters. The van der Waals surface area contributed by atoms with Crippen LogP contribution in [0.2, 0.25) is 0 Å². The third-order valence-corrected chi connectivity index (χ3v) is 7.82. The van der Waals surface area contributed by atoms with Crippen LogP contribution in [0.3, 0.4) is 0 Å². The molecule has 4 amide bonds. The second kappa shape index (κ2) is 25.9.